The third kappa shape index (κ3) is 2.47. The number of H-pyrrole nitrogens is 1. The number of hydrogen-bond acceptors (Lipinski definition) is 2. The maximum absolute atomic E-state index is 4.12. The second kappa shape index (κ2) is 4.62. The van der Waals surface area contributed by atoms with Crippen molar-refractivity contribution in [2.45, 2.75) is 13.1 Å². The standard InChI is InChI=1S/C10H14N4/c1-3-10(12-4-1)9-11-6-8-14-7-2-5-13-14/h1-5,7,11-12H,6,8-9H2. The number of aromatic nitrogens is 3. The van der Waals surface area contributed by atoms with Gasteiger partial charge in [-0.25, -0.2) is 0 Å². The zero-order valence-corrected chi connectivity index (χ0v) is 7.98. The van der Waals surface area contributed by atoms with Crippen molar-refractivity contribution in [1.29, 1.82) is 0 Å². The van der Waals surface area contributed by atoms with Crippen molar-refractivity contribution in [1.82, 2.24) is 20.1 Å². The summed E-state index contributed by atoms with van der Waals surface area (Å²) in [6.45, 7) is 2.72. The smallest absolute Gasteiger partial charge is 0.0534 e. The van der Waals surface area contributed by atoms with Crippen molar-refractivity contribution >= 4 is 0 Å². The van der Waals surface area contributed by atoms with Gasteiger partial charge in [0.25, 0.3) is 0 Å². The van der Waals surface area contributed by atoms with Crippen LogP contribution in [0.2, 0.25) is 0 Å². The third-order valence-corrected chi connectivity index (χ3v) is 2.05. The number of hydrogen-bond donors (Lipinski definition) is 2. The second-order valence-corrected chi connectivity index (χ2v) is 3.14. The minimum absolute atomic E-state index is 0.883. The number of nitrogens with zero attached hydrogens (tertiary/aromatic N) is 2. The first-order chi connectivity index (χ1) is 6.95. The molecule has 0 saturated carbocycles. The van der Waals surface area contributed by atoms with E-state index < -0.39 is 0 Å². The highest BCUT2D eigenvalue weighted by Gasteiger charge is 1.92. The lowest BCUT2D eigenvalue weighted by molar-refractivity contribution is 0.552. The molecule has 2 N–H and O–H groups in total. The van der Waals surface area contributed by atoms with Crippen LogP contribution in [0.1, 0.15) is 5.69 Å². The Labute approximate surface area is 82.9 Å². The van der Waals surface area contributed by atoms with E-state index in [1.807, 2.05) is 29.2 Å². The molecule has 0 aliphatic heterocycles. The van der Waals surface area contributed by atoms with Gasteiger partial charge in [-0.15, -0.1) is 0 Å². The van der Waals surface area contributed by atoms with Crippen molar-refractivity contribution in [3.8, 4) is 0 Å². The Morgan fingerprint density at radius 3 is 3.14 bits per heavy atom. The highest BCUT2D eigenvalue weighted by molar-refractivity contribution is 5.02. The van der Waals surface area contributed by atoms with E-state index in [-0.39, 0.29) is 0 Å². The zero-order chi connectivity index (χ0) is 9.64. The Bertz CT molecular complexity index is 300. The number of aromatic amines is 1. The molecule has 0 atom stereocenters. The molecule has 0 spiro atoms. The second-order valence-electron chi connectivity index (χ2n) is 3.14. The van der Waals surface area contributed by atoms with Crippen LogP contribution < -0.4 is 5.32 Å². The summed E-state index contributed by atoms with van der Waals surface area (Å²) < 4.78 is 1.92. The van der Waals surface area contributed by atoms with Gasteiger partial charge in [0.2, 0.25) is 0 Å². The fourth-order valence-electron chi connectivity index (χ4n) is 1.33. The minimum Gasteiger partial charge on any atom is -0.364 e. The lowest BCUT2D eigenvalue weighted by Gasteiger charge is -2.03. The van der Waals surface area contributed by atoms with Crippen LogP contribution in [0.25, 0.3) is 0 Å². The molecule has 0 unspecified atom stereocenters. The van der Waals surface area contributed by atoms with Gasteiger partial charge >= 0.3 is 0 Å². The highest BCUT2D eigenvalue weighted by Crippen LogP contribution is 1.92. The summed E-state index contributed by atoms with van der Waals surface area (Å²) in [6.07, 6.45) is 5.70. The molecule has 2 rings (SSSR count). The molecule has 0 bridgehead atoms. The number of rotatable bonds is 5. The predicted octanol–water partition coefficient (Wildman–Crippen LogP) is 1.00. The van der Waals surface area contributed by atoms with E-state index in [0.29, 0.717) is 0 Å². The maximum Gasteiger partial charge on any atom is 0.0534 e. The van der Waals surface area contributed by atoms with Crippen LogP contribution in [0.3, 0.4) is 0 Å². The first-order valence-corrected chi connectivity index (χ1v) is 4.75. The summed E-state index contributed by atoms with van der Waals surface area (Å²) in [6, 6.07) is 6.01. The molecule has 0 radical (unpaired) electrons. The van der Waals surface area contributed by atoms with Gasteiger partial charge in [-0.1, -0.05) is 0 Å². The maximum atomic E-state index is 4.12. The van der Waals surface area contributed by atoms with Gasteiger partial charge < -0.3 is 10.3 Å². The molecule has 0 aliphatic carbocycles. The normalized spacial score (nSPS) is 10.6. The first kappa shape index (κ1) is 9.02. The van der Waals surface area contributed by atoms with Gasteiger partial charge in [0, 0.05) is 37.4 Å². The van der Waals surface area contributed by atoms with Gasteiger partial charge in [0.1, 0.15) is 0 Å². The van der Waals surface area contributed by atoms with Crippen LogP contribution in [0.15, 0.2) is 36.8 Å². The van der Waals surface area contributed by atoms with Crippen molar-refractivity contribution < 1.29 is 0 Å². The fourth-order valence-corrected chi connectivity index (χ4v) is 1.33. The molecule has 0 aromatic carbocycles. The molecule has 0 fully saturated rings. The van der Waals surface area contributed by atoms with Crippen LogP contribution >= 0.6 is 0 Å². The zero-order valence-electron chi connectivity index (χ0n) is 7.98. The summed E-state index contributed by atoms with van der Waals surface area (Å²) >= 11 is 0. The summed E-state index contributed by atoms with van der Waals surface area (Å²) in [7, 11) is 0. The minimum atomic E-state index is 0.883. The predicted molar refractivity (Wildman–Crippen MR) is 54.7 cm³/mol. The van der Waals surface area contributed by atoms with Crippen molar-refractivity contribution in [2.24, 2.45) is 0 Å². The van der Waals surface area contributed by atoms with Crippen molar-refractivity contribution in [2.75, 3.05) is 6.54 Å². The monoisotopic (exact) mass is 190 g/mol. The lowest BCUT2D eigenvalue weighted by atomic mass is 10.4. The molecule has 0 amide bonds. The van der Waals surface area contributed by atoms with Crippen LogP contribution in [-0.4, -0.2) is 21.3 Å². The molecule has 74 valence electrons. The first-order valence-electron chi connectivity index (χ1n) is 4.75. The average molecular weight is 190 g/mol. The van der Waals surface area contributed by atoms with Crippen molar-refractivity contribution in [3.63, 3.8) is 0 Å². The summed E-state index contributed by atoms with van der Waals surface area (Å²) in [4.78, 5) is 3.15. The van der Waals surface area contributed by atoms with Crippen LogP contribution in [0.5, 0.6) is 0 Å². The average Bonchev–Trinajstić information content (AvgIpc) is 2.86. The van der Waals surface area contributed by atoms with E-state index in [4.69, 9.17) is 0 Å². The van der Waals surface area contributed by atoms with Crippen LogP contribution in [0, 0.1) is 0 Å². The summed E-state index contributed by atoms with van der Waals surface area (Å²) in [5, 5.41) is 7.45. The number of nitrogens with one attached hydrogen (secondary N) is 2. The van der Waals surface area contributed by atoms with Gasteiger partial charge in [-0.2, -0.15) is 5.10 Å². The molecule has 4 nitrogen and oxygen atoms in total. The quantitative estimate of drug-likeness (QED) is 0.691. The Kier molecular flexibility index (Phi) is 2.98. The molecular weight excluding hydrogens is 176 g/mol. The topological polar surface area (TPSA) is 45.6 Å². The van der Waals surface area contributed by atoms with E-state index in [0.717, 1.165) is 19.6 Å². The molecule has 2 aromatic rings. The van der Waals surface area contributed by atoms with Crippen molar-refractivity contribution in [3.05, 3.63) is 42.5 Å². The Hall–Kier alpha value is -1.55. The lowest BCUT2D eigenvalue weighted by Crippen LogP contribution is -2.19. The van der Waals surface area contributed by atoms with Gasteiger partial charge in [-0.05, 0) is 18.2 Å². The van der Waals surface area contributed by atoms with Crippen LogP contribution in [0.4, 0.5) is 0 Å². The molecule has 0 aliphatic rings. The summed E-state index contributed by atoms with van der Waals surface area (Å²) in [5.41, 5.74) is 1.21. The third-order valence-electron chi connectivity index (χ3n) is 2.05. The van der Waals surface area contributed by atoms with E-state index in [1.54, 1.807) is 6.20 Å². The Morgan fingerprint density at radius 1 is 1.43 bits per heavy atom. The Morgan fingerprint density at radius 2 is 2.43 bits per heavy atom. The van der Waals surface area contributed by atoms with E-state index in [2.05, 4.69) is 21.5 Å². The molecule has 4 heteroatoms. The molecule has 2 heterocycles. The largest absolute Gasteiger partial charge is 0.364 e. The van der Waals surface area contributed by atoms with Gasteiger partial charge in [-0.3, -0.25) is 4.68 Å². The Balaban J connectivity index is 1.65. The molecule has 0 saturated heterocycles. The molecular formula is C10H14N4. The van der Waals surface area contributed by atoms with Crippen LogP contribution in [-0.2, 0) is 13.1 Å². The fraction of sp³-hybridized carbons (Fsp3) is 0.300. The van der Waals surface area contributed by atoms with E-state index in [9.17, 15) is 0 Å². The van der Waals surface area contributed by atoms with E-state index in [1.165, 1.54) is 5.69 Å². The van der Waals surface area contributed by atoms with Gasteiger partial charge in [0.15, 0.2) is 0 Å². The molecule has 2 aromatic heterocycles. The molecule has 14 heavy (non-hydrogen) atoms. The summed E-state index contributed by atoms with van der Waals surface area (Å²) in [5.74, 6) is 0. The SMILES string of the molecule is c1c[nH]c(CNCCn2cccn2)c1. The van der Waals surface area contributed by atoms with Gasteiger partial charge in [0.05, 0.1) is 6.54 Å². The van der Waals surface area contributed by atoms with E-state index >= 15 is 0 Å². The highest BCUT2D eigenvalue weighted by atomic mass is 15.3.